The second kappa shape index (κ2) is 6.86. The Hall–Kier alpha value is -1.61. The summed E-state index contributed by atoms with van der Waals surface area (Å²) < 4.78 is 0. The second-order valence-corrected chi connectivity index (χ2v) is 4.10. The predicted octanol–water partition coefficient (Wildman–Crippen LogP) is -0.916. The molecule has 2 amide bonds. The van der Waals surface area contributed by atoms with Crippen LogP contribution in [0.15, 0.2) is 0 Å². The maximum absolute atomic E-state index is 11.3. The van der Waals surface area contributed by atoms with Gasteiger partial charge in [-0.15, -0.1) is 0 Å². The number of rotatable bonds is 4. The van der Waals surface area contributed by atoms with E-state index in [9.17, 15) is 9.59 Å². The number of nitriles is 1. The number of carbonyl (C=O) groups is 2. The van der Waals surface area contributed by atoms with Gasteiger partial charge in [-0.25, -0.2) is 0 Å². The molecule has 1 rings (SSSR count). The Balaban J connectivity index is 2.20. The lowest BCUT2D eigenvalue weighted by Crippen LogP contribution is -2.42. The van der Waals surface area contributed by atoms with Gasteiger partial charge < -0.3 is 15.5 Å². The largest absolute Gasteiger partial charge is 0.348 e. The Bertz CT molecular complexity index is 324. The summed E-state index contributed by atoms with van der Waals surface area (Å²) in [5.74, 6) is -0.977. The van der Waals surface area contributed by atoms with Gasteiger partial charge in [-0.05, 0) is 25.4 Å². The maximum Gasteiger partial charge on any atom is 0.310 e. The average molecular weight is 238 g/mol. The smallest absolute Gasteiger partial charge is 0.310 e. The summed E-state index contributed by atoms with van der Waals surface area (Å²) >= 11 is 0. The Morgan fingerprint density at radius 3 is 2.71 bits per heavy atom. The van der Waals surface area contributed by atoms with Crippen molar-refractivity contribution in [1.82, 2.24) is 15.5 Å². The van der Waals surface area contributed by atoms with Gasteiger partial charge in [-0.1, -0.05) is 6.92 Å². The van der Waals surface area contributed by atoms with E-state index < -0.39 is 11.8 Å². The first kappa shape index (κ1) is 13.5. The number of hydrogen-bond acceptors (Lipinski definition) is 4. The van der Waals surface area contributed by atoms with Gasteiger partial charge in [0.05, 0.1) is 6.07 Å². The standard InChI is InChI=1S/C11H18N4O2/c1-2-15-6-3-9(8-15)7-14-11(17)10(16)13-5-4-12/h9H,2-3,5-8H2,1H3,(H,13,16)(H,14,17). The van der Waals surface area contributed by atoms with E-state index in [0.717, 1.165) is 26.1 Å². The van der Waals surface area contributed by atoms with Gasteiger partial charge in [0, 0.05) is 13.1 Å². The highest BCUT2D eigenvalue weighted by atomic mass is 16.2. The van der Waals surface area contributed by atoms with E-state index in [0.29, 0.717) is 12.5 Å². The molecule has 2 N–H and O–H groups in total. The molecule has 1 unspecified atom stereocenters. The summed E-state index contributed by atoms with van der Waals surface area (Å²) in [4.78, 5) is 24.8. The van der Waals surface area contributed by atoms with E-state index in [4.69, 9.17) is 5.26 Å². The summed E-state index contributed by atoms with van der Waals surface area (Å²) in [6.45, 7) is 5.53. The lowest BCUT2D eigenvalue weighted by atomic mass is 10.1. The molecule has 1 saturated heterocycles. The van der Waals surface area contributed by atoms with Crippen LogP contribution in [0.5, 0.6) is 0 Å². The zero-order chi connectivity index (χ0) is 12.7. The number of hydrogen-bond donors (Lipinski definition) is 2. The molecule has 17 heavy (non-hydrogen) atoms. The van der Waals surface area contributed by atoms with Gasteiger partial charge in [0.2, 0.25) is 0 Å². The van der Waals surface area contributed by atoms with Gasteiger partial charge in [0.1, 0.15) is 6.54 Å². The molecule has 6 heteroatoms. The first-order chi connectivity index (χ1) is 8.17. The van der Waals surface area contributed by atoms with Crippen LogP contribution in [0.1, 0.15) is 13.3 Å². The summed E-state index contributed by atoms with van der Waals surface area (Å²) in [6.07, 6.45) is 1.05. The van der Waals surface area contributed by atoms with E-state index >= 15 is 0 Å². The molecule has 0 spiro atoms. The number of likely N-dealkylation sites (tertiary alicyclic amines) is 1. The highest BCUT2D eigenvalue weighted by Gasteiger charge is 2.22. The van der Waals surface area contributed by atoms with E-state index in [2.05, 4.69) is 22.5 Å². The Kier molecular flexibility index (Phi) is 5.43. The molecule has 1 atom stereocenters. The van der Waals surface area contributed by atoms with Crippen LogP contribution in [0.25, 0.3) is 0 Å². The molecule has 0 saturated carbocycles. The molecule has 94 valence electrons. The summed E-state index contributed by atoms with van der Waals surface area (Å²) in [5.41, 5.74) is 0. The van der Waals surface area contributed by atoms with Crippen molar-refractivity contribution in [2.24, 2.45) is 5.92 Å². The summed E-state index contributed by atoms with van der Waals surface area (Å²) in [7, 11) is 0. The van der Waals surface area contributed by atoms with Gasteiger partial charge in [0.15, 0.2) is 0 Å². The van der Waals surface area contributed by atoms with Crippen molar-refractivity contribution in [3.05, 3.63) is 0 Å². The van der Waals surface area contributed by atoms with Crippen LogP contribution in [0.3, 0.4) is 0 Å². The first-order valence-corrected chi connectivity index (χ1v) is 5.82. The van der Waals surface area contributed by atoms with Gasteiger partial charge >= 0.3 is 11.8 Å². The number of carbonyl (C=O) groups excluding carboxylic acids is 2. The van der Waals surface area contributed by atoms with Crippen molar-refractivity contribution in [2.45, 2.75) is 13.3 Å². The fourth-order valence-electron chi connectivity index (χ4n) is 1.88. The molecule has 6 nitrogen and oxygen atoms in total. The summed E-state index contributed by atoms with van der Waals surface area (Å²) in [5, 5.41) is 13.0. The maximum atomic E-state index is 11.3. The van der Waals surface area contributed by atoms with E-state index in [-0.39, 0.29) is 6.54 Å². The van der Waals surface area contributed by atoms with E-state index in [1.54, 1.807) is 6.07 Å². The molecule has 0 aromatic rings. The van der Waals surface area contributed by atoms with Crippen molar-refractivity contribution in [3.8, 4) is 6.07 Å². The molecule has 0 aromatic heterocycles. The first-order valence-electron chi connectivity index (χ1n) is 5.82. The predicted molar refractivity (Wildman–Crippen MR) is 61.9 cm³/mol. The Morgan fingerprint density at radius 1 is 1.41 bits per heavy atom. The molecule has 0 bridgehead atoms. The minimum Gasteiger partial charge on any atom is -0.348 e. The third kappa shape index (κ3) is 4.41. The minimum absolute atomic E-state index is 0.140. The van der Waals surface area contributed by atoms with Crippen LogP contribution < -0.4 is 10.6 Å². The molecular weight excluding hydrogens is 220 g/mol. The molecule has 0 radical (unpaired) electrons. The molecule has 0 aromatic carbocycles. The SMILES string of the molecule is CCN1CCC(CNC(=O)C(=O)NCC#N)C1. The zero-order valence-electron chi connectivity index (χ0n) is 10.0. The van der Waals surface area contributed by atoms with Gasteiger partial charge in [0.25, 0.3) is 0 Å². The average Bonchev–Trinajstić information content (AvgIpc) is 2.80. The van der Waals surface area contributed by atoms with Crippen LogP contribution in [0.4, 0.5) is 0 Å². The Morgan fingerprint density at radius 2 is 2.12 bits per heavy atom. The topological polar surface area (TPSA) is 85.2 Å². The monoisotopic (exact) mass is 238 g/mol. The van der Waals surface area contributed by atoms with Crippen molar-refractivity contribution in [1.29, 1.82) is 5.26 Å². The minimum atomic E-state index is -0.739. The van der Waals surface area contributed by atoms with Crippen LogP contribution >= 0.6 is 0 Å². The van der Waals surface area contributed by atoms with Crippen LogP contribution in [0, 0.1) is 17.2 Å². The third-order valence-electron chi connectivity index (χ3n) is 2.90. The van der Waals surface area contributed by atoms with Crippen LogP contribution in [0.2, 0.25) is 0 Å². The second-order valence-electron chi connectivity index (χ2n) is 4.10. The number of nitrogens with zero attached hydrogens (tertiary/aromatic N) is 2. The van der Waals surface area contributed by atoms with Crippen LogP contribution in [-0.4, -0.2) is 49.4 Å². The lowest BCUT2D eigenvalue weighted by Gasteiger charge is -2.13. The molecular formula is C11H18N4O2. The fraction of sp³-hybridized carbons (Fsp3) is 0.727. The molecule has 1 aliphatic heterocycles. The number of amides is 2. The normalized spacial score (nSPS) is 19.6. The van der Waals surface area contributed by atoms with Crippen LogP contribution in [-0.2, 0) is 9.59 Å². The van der Waals surface area contributed by atoms with Crippen molar-refractivity contribution in [3.63, 3.8) is 0 Å². The zero-order valence-corrected chi connectivity index (χ0v) is 10.0. The highest BCUT2D eigenvalue weighted by molar-refractivity contribution is 6.35. The highest BCUT2D eigenvalue weighted by Crippen LogP contribution is 2.14. The van der Waals surface area contributed by atoms with Crippen molar-refractivity contribution < 1.29 is 9.59 Å². The number of nitrogens with one attached hydrogen (secondary N) is 2. The molecule has 1 fully saturated rings. The lowest BCUT2D eigenvalue weighted by molar-refractivity contribution is -0.139. The fourth-order valence-corrected chi connectivity index (χ4v) is 1.88. The molecule has 0 aliphatic carbocycles. The molecule has 1 aliphatic rings. The molecule has 1 heterocycles. The van der Waals surface area contributed by atoms with Gasteiger partial charge in [-0.2, -0.15) is 5.26 Å². The van der Waals surface area contributed by atoms with E-state index in [1.165, 1.54) is 0 Å². The van der Waals surface area contributed by atoms with E-state index in [1.807, 2.05) is 0 Å². The third-order valence-corrected chi connectivity index (χ3v) is 2.90. The van der Waals surface area contributed by atoms with Crippen molar-refractivity contribution >= 4 is 11.8 Å². The summed E-state index contributed by atoms with van der Waals surface area (Å²) in [6, 6.07) is 1.75. The quantitative estimate of drug-likeness (QED) is 0.490. The van der Waals surface area contributed by atoms with Gasteiger partial charge in [-0.3, -0.25) is 9.59 Å². The van der Waals surface area contributed by atoms with Crippen molar-refractivity contribution in [2.75, 3.05) is 32.7 Å². The Labute approximate surface area is 101 Å².